The average molecular weight is 475 g/mol. The summed E-state index contributed by atoms with van der Waals surface area (Å²) in [5.41, 5.74) is 4.06. The molecular formula is C27H20Cl2N2O2. The van der Waals surface area contributed by atoms with Gasteiger partial charge in [0.1, 0.15) is 18.5 Å². The van der Waals surface area contributed by atoms with Gasteiger partial charge in [0.2, 0.25) is 0 Å². The predicted octanol–water partition coefficient (Wildman–Crippen LogP) is 7.34. The van der Waals surface area contributed by atoms with Crippen LogP contribution in [-0.4, -0.2) is 5.91 Å². The largest absolute Gasteiger partial charge is 0.489 e. The first-order chi connectivity index (χ1) is 16.1. The van der Waals surface area contributed by atoms with Gasteiger partial charge in [-0.2, -0.15) is 0 Å². The number of nitrogens with one attached hydrogen (secondary N) is 1. The number of carbonyl (C=O) groups excluding carboxylic acids is 1. The summed E-state index contributed by atoms with van der Waals surface area (Å²) in [7, 11) is 0. The summed E-state index contributed by atoms with van der Waals surface area (Å²) < 4.78 is 5.92. The highest BCUT2D eigenvalue weighted by Gasteiger charge is 2.34. The molecule has 33 heavy (non-hydrogen) atoms. The number of halogens is 2. The van der Waals surface area contributed by atoms with Crippen molar-refractivity contribution in [2.45, 2.75) is 12.8 Å². The smallest absolute Gasteiger partial charge is 0.262 e. The molecule has 4 nitrogen and oxygen atoms in total. The first kappa shape index (κ1) is 21.4. The fourth-order valence-corrected chi connectivity index (χ4v) is 4.17. The van der Waals surface area contributed by atoms with Crippen molar-refractivity contribution in [3.63, 3.8) is 0 Å². The third-order valence-corrected chi connectivity index (χ3v) is 6.29. The van der Waals surface area contributed by atoms with Gasteiger partial charge in [0.05, 0.1) is 15.6 Å². The Kier molecular flexibility index (Phi) is 5.95. The summed E-state index contributed by atoms with van der Waals surface area (Å²) >= 11 is 12.4. The molecule has 1 atom stereocenters. The number of anilines is 2. The molecule has 0 saturated heterocycles. The van der Waals surface area contributed by atoms with E-state index in [4.69, 9.17) is 27.9 Å². The molecule has 1 aliphatic heterocycles. The molecule has 1 amide bonds. The Labute approximate surface area is 202 Å². The second kappa shape index (κ2) is 9.18. The SMILES string of the molecule is O=C1c2ccccc2N[C@@H](c2ccc(OCc3ccccc3)cc2)N1c1ccc(Cl)c(Cl)c1. The van der Waals surface area contributed by atoms with Gasteiger partial charge in [-0.3, -0.25) is 9.69 Å². The topological polar surface area (TPSA) is 41.6 Å². The minimum absolute atomic E-state index is 0.114. The van der Waals surface area contributed by atoms with Crippen molar-refractivity contribution in [2.24, 2.45) is 0 Å². The zero-order valence-electron chi connectivity index (χ0n) is 17.5. The minimum Gasteiger partial charge on any atom is -0.489 e. The molecule has 164 valence electrons. The number of amides is 1. The molecule has 0 radical (unpaired) electrons. The molecular weight excluding hydrogens is 455 g/mol. The number of hydrogen-bond acceptors (Lipinski definition) is 3. The summed E-state index contributed by atoms with van der Waals surface area (Å²) in [6, 6.07) is 30.4. The quantitative estimate of drug-likeness (QED) is 0.328. The van der Waals surface area contributed by atoms with Gasteiger partial charge < -0.3 is 10.1 Å². The van der Waals surface area contributed by atoms with Gasteiger partial charge in [0, 0.05) is 11.4 Å². The van der Waals surface area contributed by atoms with E-state index in [9.17, 15) is 4.79 Å². The number of ether oxygens (including phenoxy) is 1. The molecule has 4 aromatic rings. The Balaban J connectivity index is 1.46. The highest BCUT2D eigenvalue weighted by molar-refractivity contribution is 6.42. The molecule has 1 heterocycles. The van der Waals surface area contributed by atoms with Gasteiger partial charge >= 0.3 is 0 Å². The van der Waals surface area contributed by atoms with E-state index in [1.54, 1.807) is 23.1 Å². The van der Waals surface area contributed by atoms with E-state index >= 15 is 0 Å². The van der Waals surface area contributed by atoms with Crippen molar-refractivity contribution in [3.05, 3.63) is 124 Å². The molecule has 0 bridgehead atoms. The zero-order chi connectivity index (χ0) is 22.8. The van der Waals surface area contributed by atoms with E-state index in [1.807, 2.05) is 78.9 Å². The van der Waals surface area contributed by atoms with Gasteiger partial charge in [-0.15, -0.1) is 0 Å². The molecule has 0 saturated carbocycles. The summed E-state index contributed by atoms with van der Waals surface area (Å²) in [6.07, 6.45) is -0.423. The highest BCUT2D eigenvalue weighted by atomic mass is 35.5. The molecule has 0 aromatic heterocycles. The van der Waals surface area contributed by atoms with Crippen LogP contribution in [0.2, 0.25) is 10.0 Å². The number of benzene rings is 4. The van der Waals surface area contributed by atoms with Crippen LogP contribution in [0.4, 0.5) is 11.4 Å². The van der Waals surface area contributed by atoms with Crippen molar-refractivity contribution in [1.29, 1.82) is 0 Å². The van der Waals surface area contributed by atoms with E-state index in [0.29, 0.717) is 27.9 Å². The normalized spacial score (nSPS) is 15.0. The summed E-state index contributed by atoms with van der Waals surface area (Å²) in [4.78, 5) is 15.2. The van der Waals surface area contributed by atoms with Crippen molar-refractivity contribution < 1.29 is 9.53 Å². The molecule has 4 aromatic carbocycles. The van der Waals surface area contributed by atoms with Crippen LogP contribution in [0.1, 0.15) is 27.7 Å². The number of carbonyl (C=O) groups is 1. The third-order valence-electron chi connectivity index (χ3n) is 5.55. The van der Waals surface area contributed by atoms with E-state index in [1.165, 1.54) is 0 Å². The van der Waals surface area contributed by atoms with E-state index in [0.717, 1.165) is 22.6 Å². The molecule has 1 N–H and O–H groups in total. The molecule has 0 fully saturated rings. The second-order valence-electron chi connectivity index (χ2n) is 7.71. The third kappa shape index (κ3) is 4.40. The summed E-state index contributed by atoms with van der Waals surface area (Å²) in [5, 5.41) is 4.32. The van der Waals surface area contributed by atoms with Gasteiger partial charge in [-0.05, 0) is 53.6 Å². The Hall–Kier alpha value is -3.47. The molecule has 0 aliphatic carbocycles. The lowest BCUT2D eigenvalue weighted by molar-refractivity contribution is 0.0975. The van der Waals surface area contributed by atoms with Crippen LogP contribution in [0.3, 0.4) is 0 Å². The van der Waals surface area contributed by atoms with Gasteiger partial charge in [0.15, 0.2) is 0 Å². The van der Waals surface area contributed by atoms with Gasteiger partial charge in [-0.25, -0.2) is 0 Å². The number of para-hydroxylation sites is 1. The van der Waals surface area contributed by atoms with E-state index < -0.39 is 6.17 Å². The Morgan fingerprint density at radius 2 is 1.55 bits per heavy atom. The molecule has 6 heteroatoms. The molecule has 1 aliphatic rings. The maximum Gasteiger partial charge on any atom is 0.262 e. The van der Waals surface area contributed by atoms with E-state index in [2.05, 4.69) is 5.32 Å². The lowest BCUT2D eigenvalue weighted by Crippen LogP contribution is -2.43. The standard InChI is InChI=1S/C27H20Cl2N2O2/c28-23-15-12-20(16-24(23)29)31-26(30-25-9-5-4-8-22(25)27(31)32)19-10-13-21(14-11-19)33-17-18-6-2-1-3-7-18/h1-16,26,30H,17H2/t26-/m1/s1. The first-order valence-corrected chi connectivity index (χ1v) is 11.3. The van der Waals surface area contributed by atoms with Crippen LogP contribution in [-0.2, 0) is 6.61 Å². The number of hydrogen-bond donors (Lipinski definition) is 1. The summed E-state index contributed by atoms with van der Waals surface area (Å²) in [5.74, 6) is 0.642. The van der Waals surface area contributed by atoms with Crippen LogP contribution in [0.5, 0.6) is 5.75 Å². The average Bonchev–Trinajstić information content (AvgIpc) is 2.85. The lowest BCUT2D eigenvalue weighted by Gasteiger charge is -2.38. The molecule has 5 rings (SSSR count). The van der Waals surface area contributed by atoms with Gasteiger partial charge in [0.25, 0.3) is 5.91 Å². The van der Waals surface area contributed by atoms with Crippen molar-refractivity contribution in [1.82, 2.24) is 0 Å². The van der Waals surface area contributed by atoms with Crippen molar-refractivity contribution >= 4 is 40.5 Å². The van der Waals surface area contributed by atoms with Crippen LogP contribution >= 0.6 is 23.2 Å². The lowest BCUT2D eigenvalue weighted by atomic mass is 10.0. The second-order valence-corrected chi connectivity index (χ2v) is 8.52. The number of rotatable bonds is 5. The summed E-state index contributed by atoms with van der Waals surface area (Å²) in [6.45, 7) is 0.489. The molecule has 0 spiro atoms. The maximum atomic E-state index is 13.5. The van der Waals surface area contributed by atoms with Crippen LogP contribution in [0.15, 0.2) is 97.1 Å². The molecule has 0 unspecified atom stereocenters. The van der Waals surface area contributed by atoms with Crippen LogP contribution in [0, 0.1) is 0 Å². The fraction of sp³-hybridized carbons (Fsp3) is 0.0741. The number of fused-ring (bicyclic) bond motifs is 1. The van der Waals surface area contributed by atoms with Gasteiger partial charge in [-0.1, -0.05) is 77.8 Å². The van der Waals surface area contributed by atoms with Crippen LogP contribution in [0.25, 0.3) is 0 Å². The maximum absolute atomic E-state index is 13.5. The zero-order valence-corrected chi connectivity index (χ0v) is 19.1. The first-order valence-electron chi connectivity index (χ1n) is 10.5. The van der Waals surface area contributed by atoms with Crippen molar-refractivity contribution in [2.75, 3.05) is 10.2 Å². The Morgan fingerprint density at radius 1 is 0.818 bits per heavy atom. The Morgan fingerprint density at radius 3 is 2.30 bits per heavy atom. The number of nitrogens with zero attached hydrogens (tertiary/aromatic N) is 1. The Bertz CT molecular complexity index is 1290. The highest BCUT2D eigenvalue weighted by Crippen LogP contribution is 2.38. The minimum atomic E-state index is -0.423. The predicted molar refractivity (Wildman–Crippen MR) is 133 cm³/mol. The monoisotopic (exact) mass is 474 g/mol. The van der Waals surface area contributed by atoms with Crippen molar-refractivity contribution in [3.8, 4) is 5.75 Å². The van der Waals surface area contributed by atoms with Crippen LogP contribution < -0.4 is 15.0 Å². The van der Waals surface area contributed by atoms with E-state index in [-0.39, 0.29) is 5.91 Å². The fourth-order valence-electron chi connectivity index (χ4n) is 3.88.